The van der Waals surface area contributed by atoms with Crippen LogP contribution in [-0.2, 0) is 10.8 Å². The minimum atomic E-state index is -0.0913. The lowest BCUT2D eigenvalue weighted by Crippen LogP contribution is -2.17. The molecule has 0 saturated heterocycles. The lowest BCUT2D eigenvalue weighted by Gasteiger charge is -2.29. The van der Waals surface area contributed by atoms with Gasteiger partial charge >= 0.3 is 0 Å². The number of rotatable bonds is 4. The Bertz CT molecular complexity index is 2670. The monoisotopic (exact) mass is 659 g/mol. The van der Waals surface area contributed by atoms with Crippen LogP contribution in [0.3, 0.4) is 0 Å². The van der Waals surface area contributed by atoms with Gasteiger partial charge in [-0.15, -0.1) is 11.3 Å². The minimum Gasteiger partial charge on any atom is -0.310 e. The summed E-state index contributed by atoms with van der Waals surface area (Å²) < 4.78 is 2.65. The average Bonchev–Trinajstić information content (AvgIpc) is 3.72. The largest absolute Gasteiger partial charge is 0.310 e. The van der Waals surface area contributed by atoms with Crippen LogP contribution in [0.25, 0.3) is 53.6 Å². The Morgan fingerprint density at radius 2 is 0.960 bits per heavy atom. The molecule has 0 amide bonds. The third kappa shape index (κ3) is 4.12. The van der Waals surface area contributed by atoms with E-state index >= 15 is 0 Å². The van der Waals surface area contributed by atoms with E-state index in [0.717, 1.165) is 5.69 Å². The molecule has 0 N–H and O–H groups in total. The van der Waals surface area contributed by atoms with Gasteiger partial charge in [0.1, 0.15) is 0 Å². The normalized spacial score (nSPS) is 14.7. The Hall–Kier alpha value is -5.44. The summed E-state index contributed by atoms with van der Waals surface area (Å²) in [4.78, 5) is 2.48. The second-order valence-corrected chi connectivity index (χ2v) is 16.0. The molecule has 2 aliphatic rings. The molecule has 8 aromatic rings. The standard InChI is InChI=1S/C48H37NS/c1-47(2)41-20-9-6-16-36(41)39-28-32(24-26-42(39)47)49(33-23-25-37-35-15-5-8-19-40(35)48(3,4)43(37)29-33)31-14-11-13-30(27-31)34-18-12-22-45-46(34)38-17-7-10-21-44(38)50-45/h5-29H,1-4H3. The molecule has 2 aliphatic carbocycles. The van der Waals surface area contributed by atoms with Gasteiger partial charge in [0.15, 0.2) is 0 Å². The Morgan fingerprint density at radius 3 is 1.78 bits per heavy atom. The predicted molar refractivity (Wildman–Crippen MR) is 215 cm³/mol. The van der Waals surface area contributed by atoms with E-state index in [2.05, 4.69) is 184 Å². The highest BCUT2D eigenvalue weighted by Crippen LogP contribution is 2.53. The van der Waals surface area contributed by atoms with Gasteiger partial charge in [0.05, 0.1) is 0 Å². The number of hydrogen-bond donors (Lipinski definition) is 0. The quantitative estimate of drug-likeness (QED) is 0.182. The molecule has 50 heavy (non-hydrogen) atoms. The van der Waals surface area contributed by atoms with Gasteiger partial charge in [-0.1, -0.05) is 131 Å². The zero-order valence-electron chi connectivity index (χ0n) is 28.8. The van der Waals surface area contributed by atoms with Crippen LogP contribution < -0.4 is 4.90 Å². The molecular weight excluding hydrogens is 623 g/mol. The second-order valence-electron chi connectivity index (χ2n) is 15.0. The van der Waals surface area contributed by atoms with E-state index in [1.54, 1.807) is 0 Å². The van der Waals surface area contributed by atoms with Gasteiger partial charge in [-0.2, -0.15) is 0 Å². The fourth-order valence-corrected chi connectivity index (χ4v) is 10.1. The van der Waals surface area contributed by atoms with Crippen LogP contribution in [0.1, 0.15) is 49.9 Å². The first-order valence-corrected chi connectivity index (χ1v) is 18.4. The number of anilines is 3. The molecule has 0 fully saturated rings. The summed E-state index contributed by atoms with van der Waals surface area (Å²) in [7, 11) is 0. The van der Waals surface area contributed by atoms with Gasteiger partial charge in [-0.3, -0.25) is 0 Å². The molecule has 0 atom stereocenters. The molecule has 0 bridgehead atoms. The van der Waals surface area contributed by atoms with E-state index in [1.807, 2.05) is 11.3 Å². The Morgan fingerprint density at radius 1 is 0.400 bits per heavy atom. The van der Waals surface area contributed by atoms with E-state index in [9.17, 15) is 0 Å². The maximum atomic E-state index is 2.48. The third-order valence-electron chi connectivity index (χ3n) is 11.5. The van der Waals surface area contributed by atoms with Crippen molar-refractivity contribution in [2.75, 3.05) is 4.90 Å². The Balaban J connectivity index is 1.19. The van der Waals surface area contributed by atoms with Gasteiger partial charge in [-0.25, -0.2) is 0 Å². The summed E-state index contributed by atoms with van der Waals surface area (Å²) in [5.41, 5.74) is 16.8. The highest BCUT2D eigenvalue weighted by atomic mass is 32.1. The van der Waals surface area contributed by atoms with Gasteiger partial charge in [0, 0.05) is 48.1 Å². The summed E-state index contributed by atoms with van der Waals surface area (Å²) in [6, 6.07) is 56.8. The number of nitrogens with zero attached hydrogens (tertiary/aromatic N) is 1. The molecule has 2 heteroatoms. The van der Waals surface area contributed by atoms with Gasteiger partial charge < -0.3 is 4.90 Å². The van der Waals surface area contributed by atoms with Crippen LogP contribution in [0, 0.1) is 0 Å². The van der Waals surface area contributed by atoms with Crippen molar-refractivity contribution in [1.29, 1.82) is 0 Å². The van der Waals surface area contributed by atoms with Gasteiger partial charge in [-0.05, 0) is 104 Å². The average molecular weight is 660 g/mol. The first-order valence-electron chi connectivity index (χ1n) is 17.6. The van der Waals surface area contributed by atoms with Crippen LogP contribution in [0.15, 0.2) is 152 Å². The number of hydrogen-bond acceptors (Lipinski definition) is 2. The molecule has 7 aromatic carbocycles. The van der Waals surface area contributed by atoms with Crippen molar-refractivity contribution >= 4 is 48.6 Å². The van der Waals surface area contributed by atoms with E-state index in [0.29, 0.717) is 0 Å². The SMILES string of the molecule is CC1(C)c2ccccc2-c2cc(N(c3cccc(-c4cccc5sc6ccccc6c45)c3)c3ccc4c(c3)C(C)(C)c3ccccc3-4)ccc21. The molecule has 10 rings (SSSR count). The highest BCUT2D eigenvalue weighted by molar-refractivity contribution is 7.25. The topological polar surface area (TPSA) is 3.24 Å². The maximum Gasteiger partial charge on any atom is 0.0468 e. The van der Waals surface area contributed by atoms with Crippen molar-refractivity contribution < 1.29 is 0 Å². The molecule has 1 aromatic heterocycles. The summed E-state index contributed by atoms with van der Waals surface area (Å²) in [5, 5.41) is 2.66. The first kappa shape index (κ1) is 29.5. The molecule has 1 nitrogen and oxygen atoms in total. The van der Waals surface area contributed by atoms with Crippen LogP contribution >= 0.6 is 11.3 Å². The Labute approximate surface area is 298 Å². The van der Waals surface area contributed by atoms with Crippen LogP contribution in [0.2, 0.25) is 0 Å². The van der Waals surface area contributed by atoms with E-state index in [1.165, 1.54) is 87.2 Å². The van der Waals surface area contributed by atoms with Crippen molar-refractivity contribution in [3.63, 3.8) is 0 Å². The zero-order valence-corrected chi connectivity index (χ0v) is 29.6. The first-order chi connectivity index (χ1) is 24.3. The fourth-order valence-electron chi connectivity index (χ4n) is 8.95. The van der Waals surface area contributed by atoms with Gasteiger partial charge in [0.25, 0.3) is 0 Å². The van der Waals surface area contributed by atoms with Crippen molar-refractivity contribution in [3.05, 3.63) is 174 Å². The van der Waals surface area contributed by atoms with Crippen molar-refractivity contribution in [2.24, 2.45) is 0 Å². The fraction of sp³-hybridized carbons (Fsp3) is 0.125. The van der Waals surface area contributed by atoms with Gasteiger partial charge in [0.2, 0.25) is 0 Å². The molecule has 1 heterocycles. The second kappa shape index (κ2) is 10.5. The van der Waals surface area contributed by atoms with Crippen molar-refractivity contribution in [1.82, 2.24) is 0 Å². The van der Waals surface area contributed by atoms with Crippen molar-refractivity contribution in [2.45, 2.75) is 38.5 Å². The Kier molecular flexibility index (Phi) is 6.21. The van der Waals surface area contributed by atoms with Crippen molar-refractivity contribution in [3.8, 4) is 33.4 Å². The maximum absolute atomic E-state index is 2.48. The molecule has 0 unspecified atom stereocenters. The van der Waals surface area contributed by atoms with E-state index < -0.39 is 0 Å². The number of thiophene rings is 1. The molecule has 0 radical (unpaired) electrons. The lowest BCUT2D eigenvalue weighted by atomic mass is 9.82. The summed E-state index contributed by atoms with van der Waals surface area (Å²) in [5.74, 6) is 0. The van der Waals surface area contributed by atoms with E-state index in [-0.39, 0.29) is 10.8 Å². The van der Waals surface area contributed by atoms with Crippen LogP contribution in [0.5, 0.6) is 0 Å². The lowest BCUT2D eigenvalue weighted by molar-refractivity contribution is 0.660. The summed E-state index contributed by atoms with van der Waals surface area (Å²) in [6.07, 6.45) is 0. The number of benzene rings is 7. The molecule has 0 aliphatic heterocycles. The number of fused-ring (bicyclic) bond motifs is 9. The third-order valence-corrected chi connectivity index (χ3v) is 12.6. The zero-order chi connectivity index (χ0) is 33.8. The predicted octanol–water partition coefficient (Wildman–Crippen LogP) is 13.8. The van der Waals surface area contributed by atoms with E-state index in [4.69, 9.17) is 0 Å². The molecule has 0 saturated carbocycles. The molecule has 240 valence electrons. The van der Waals surface area contributed by atoms with Crippen LogP contribution in [-0.4, -0.2) is 0 Å². The highest BCUT2D eigenvalue weighted by Gasteiger charge is 2.37. The minimum absolute atomic E-state index is 0.0411. The van der Waals surface area contributed by atoms with Crippen LogP contribution in [0.4, 0.5) is 17.1 Å². The smallest absolute Gasteiger partial charge is 0.0468 e. The molecular formula is C48H37NS. The molecule has 0 spiro atoms. The summed E-state index contributed by atoms with van der Waals surface area (Å²) in [6.45, 7) is 9.44. The summed E-state index contributed by atoms with van der Waals surface area (Å²) >= 11 is 1.88.